The molecule has 0 bridgehead atoms. The summed E-state index contributed by atoms with van der Waals surface area (Å²) in [5, 5.41) is 12.5. The molecule has 0 saturated heterocycles. The molecule has 1 N–H and O–H groups in total. The number of nitriles is 1. The Balaban J connectivity index is 2.39. The summed E-state index contributed by atoms with van der Waals surface area (Å²) in [5.41, 5.74) is 1.77. The quantitative estimate of drug-likeness (QED) is 0.729. The summed E-state index contributed by atoms with van der Waals surface area (Å²) in [7, 11) is 0. The predicted octanol–water partition coefficient (Wildman–Crippen LogP) is 1.57. The van der Waals surface area contributed by atoms with Crippen LogP contribution in [0.4, 0.5) is 0 Å². The minimum absolute atomic E-state index is 0.432. The Morgan fingerprint density at radius 2 is 2.27 bits per heavy atom. The first-order valence-electron chi connectivity index (χ1n) is 5.00. The van der Waals surface area contributed by atoms with Crippen LogP contribution in [0.5, 0.6) is 0 Å². The van der Waals surface area contributed by atoms with Crippen LogP contribution >= 0.6 is 0 Å². The second-order valence-electron chi connectivity index (χ2n) is 3.73. The Kier molecular flexibility index (Phi) is 2.46. The van der Waals surface area contributed by atoms with Crippen molar-refractivity contribution in [3.8, 4) is 18.4 Å². The molecule has 0 fully saturated rings. The molecule has 2 heteroatoms. The molecule has 74 valence electrons. The van der Waals surface area contributed by atoms with Crippen molar-refractivity contribution in [2.24, 2.45) is 0 Å². The van der Waals surface area contributed by atoms with Gasteiger partial charge >= 0.3 is 0 Å². The van der Waals surface area contributed by atoms with Crippen LogP contribution in [-0.2, 0) is 12.0 Å². The fourth-order valence-corrected chi connectivity index (χ4v) is 2.15. The topological polar surface area (TPSA) is 35.8 Å². The van der Waals surface area contributed by atoms with Gasteiger partial charge in [0.05, 0.1) is 12.6 Å². The first kappa shape index (κ1) is 9.77. The van der Waals surface area contributed by atoms with Crippen molar-refractivity contribution in [2.75, 3.05) is 6.54 Å². The average Bonchev–Trinajstić information content (AvgIpc) is 2.66. The highest BCUT2D eigenvalue weighted by Crippen LogP contribution is 2.35. The lowest BCUT2D eigenvalue weighted by atomic mass is 9.93. The molecule has 0 amide bonds. The van der Waals surface area contributed by atoms with E-state index in [-0.39, 0.29) is 0 Å². The fraction of sp³-hybridized carbons (Fsp3) is 0.308. The number of benzene rings is 1. The Labute approximate surface area is 89.9 Å². The zero-order valence-corrected chi connectivity index (χ0v) is 8.46. The number of fused-ring (bicyclic) bond motifs is 1. The maximum absolute atomic E-state index is 9.31. The van der Waals surface area contributed by atoms with E-state index in [1.54, 1.807) is 0 Å². The number of terminal acetylenes is 1. The van der Waals surface area contributed by atoms with E-state index in [4.69, 9.17) is 6.42 Å². The third-order valence-electron chi connectivity index (χ3n) is 2.93. The molecule has 1 aromatic carbocycles. The van der Waals surface area contributed by atoms with Gasteiger partial charge in [0.2, 0.25) is 0 Å². The van der Waals surface area contributed by atoms with E-state index in [2.05, 4.69) is 23.4 Å². The van der Waals surface area contributed by atoms with Crippen molar-refractivity contribution < 1.29 is 0 Å². The molecule has 0 saturated carbocycles. The molecule has 0 aromatic heterocycles. The van der Waals surface area contributed by atoms with E-state index in [9.17, 15) is 5.26 Å². The largest absolute Gasteiger partial charge is 0.285 e. The highest BCUT2D eigenvalue weighted by Gasteiger charge is 2.37. The summed E-state index contributed by atoms with van der Waals surface area (Å²) < 4.78 is 0. The van der Waals surface area contributed by atoms with Gasteiger partial charge in [-0.2, -0.15) is 5.26 Å². The molecule has 1 aliphatic carbocycles. The van der Waals surface area contributed by atoms with Crippen LogP contribution < -0.4 is 5.32 Å². The SMILES string of the molecule is C#CCNC1(C#N)CCc2ccccc21. The summed E-state index contributed by atoms with van der Waals surface area (Å²) in [5.74, 6) is 2.52. The van der Waals surface area contributed by atoms with E-state index >= 15 is 0 Å². The van der Waals surface area contributed by atoms with Gasteiger partial charge in [0, 0.05) is 0 Å². The highest BCUT2D eigenvalue weighted by molar-refractivity contribution is 5.43. The Morgan fingerprint density at radius 1 is 1.47 bits per heavy atom. The van der Waals surface area contributed by atoms with E-state index in [1.165, 1.54) is 5.56 Å². The van der Waals surface area contributed by atoms with Crippen molar-refractivity contribution in [1.29, 1.82) is 5.26 Å². The molecule has 1 atom stereocenters. The second kappa shape index (κ2) is 3.77. The molecular weight excluding hydrogens is 184 g/mol. The summed E-state index contributed by atoms with van der Waals surface area (Å²) >= 11 is 0. The van der Waals surface area contributed by atoms with Gasteiger partial charge in [-0.25, -0.2) is 0 Å². The zero-order chi connectivity index (χ0) is 10.7. The van der Waals surface area contributed by atoms with E-state index in [0.29, 0.717) is 6.54 Å². The average molecular weight is 196 g/mol. The van der Waals surface area contributed by atoms with E-state index in [1.807, 2.05) is 18.2 Å². The molecule has 2 nitrogen and oxygen atoms in total. The van der Waals surface area contributed by atoms with Crippen molar-refractivity contribution >= 4 is 0 Å². The number of rotatable bonds is 2. The third-order valence-corrected chi connectivity index (χ3v) is 2.93. The number of hydrogen-bond donors (Lipinski definition) is 1. The van der Waals surface area contributed by atoms with Crippen LogP contribution in [0.25, 0.3) is 0 Å². The first-order chi connectivity index (χ1) is 7.32. The highest BCUT2D eigenvalue weighted by atomic mass is 15.0. The van der Waals surface area contributed by atoms with Crippen LogP contribution in [0, 0.1) is 23.7 Å². The minimum atomic E-state index is -0.567. The van der Waals surface area contributed by atoms with Crippen LogP contribution in [0.15, 0.2) is 24.3 Å². The fourth-order valence-electron chi connectivity index (χ4n) is 2.15. The summed E-state index contributed by atoms with van der Waals surface area (Å²) in [4.78, 5) is 0. The predicted molar refractivity (Wildman–Crippen MR) is 58.9 cm³/mol. The molecule has 1 unspecified atom stereocenters. The maximum Gasteiger partial charge on any atom is 0.133 e. The van der Waals surface area contributed by atoms with Gasteiger partial charge in [0.15, 0.2) is 0 Å². The molecule has 0 aliphatic heterocycles. The summed E-state index contributed by atoms with van der Waals surface area (Å²) in [6.45, 7) is 0.432. The van der Waals surface area contributed by atoms with E-state index < -0.39 is 5.54 Å². The number of hydrogen-bond acceptors (Lipinski definition) is 2. The van der Waals surface area contributed by atoms with Crippen LogP contribution in [-0.4, -0.2) is 6.54 Å². The first-order valence-corrected chi connectivity index (χ1v) is 5.00. The van der Waals surface area contributed by atoms with Gasteiger partial charge in [-0.05, 0) is 24.0 Å². The molecule has 0 heterocycles. The Bertz CT molecular complexity index is 450. The van der Waals surface area contributed by atoms with Crippen LogP contribution in [0.2, 0.25) is 0 Å². The van der Waals surface area contributed by atoms with Gasteiger partial charge in [-0.3, -0.25) is 5.32 Å². The smallest absolute Gasteiger partial charge is 0.133 e. The normalized spacial score (nSPS) is 22.8. The monoisotopic (exact) mass is 196 g/mol. The summed E-state index contributed by atoms with van der Waals surface area (Å²) in [6, 6.07) is 10.4. The standard InChI is InChI=1S/C13H12N2/c1-2-9-15-13(10-14)8-7-11-5-3-4-6-12(11)13/h1,3-6,15H,7-9H2. The Morgan fingerprint density at radius 3 is 3.00 bits per heavy atom. The van der Waals surface area contributed by atoms with Gasteiger partial charge in [-0.1, -0.05) is 30.2 Å². The van der Waals surface area contributed by atoms with Crippen LogP contribution in [0.3, 0.4) is 0 Å². The van der Waals surface area contributed by atoms with Gasteiger partial charge < -0.3 is 0 Å². The molecule has 15 heavy (non-hydrogen) atoms. The lowest BCUT2D eigenvalue weighted by Gasteiger charge is -2.22. The number of nitrogens with one attached hydrogen (secondary N) is 1. The molecule has 0 radical (unpaired) electrons. The lowest BCUT2D eigenvalue weighted by molar-refractivity contribution is 0.450. The van der Waals surface area contributed by atoms with Gasteiger partial charge in [-0.15, -0.1) is 6.42 Å². The molecular formula is C13H12N2. The lowest BCUT2D eigenvalue weighted by Crippen LogP contribution is -2.39. The molecule has 1 aliphatic rings. The molecule has 0 spiro atoms. The molecule has 2 rings (SSSR count). The Hall–Kier alpha value is -1.77. The van der Waals surface area contributed by atoms with Crippen molar-refractivity contribution in [1.82, 2.24) is 5.32 Å². The minimum Gasteiger partial charge on any atom is -0.285 e. The molecule has 1 aromatic rings. The third kappa shape index (κ3) is 1.50. The van der Waals surface area contributed by atoms with Crippen molar-refractivity contribution in [3.05, 3.63) is 35.4 Å². The number of nitrogens with zero attached hydrogens (tertiary/aromatic N) is 1. The van der Waals surface area contributed by atoms with Crippen LogP contribution in [0.1, 0.15) is 17.5 Å². The maximum atomic E-state index is 9.31. The zero-order valence-electron chi connectivity index (χ0n) is 8.46. The van der Waals surface area contributed by atoms with Crippen molar-refractivity contribution in [2.45, 2.75) is 18.4 Å². The van der Waals surface area contributed by atoms with Gasteiger partial charge in [0.1, 0.15) is 5.54 Å². The second-order valence-corrected chi connectivity index (χ2v) is 3.73. The van der Waals surface area contributed by atoms with E-state index in [0.717, 1.165) is 18.4 Å². The summed E-state index contributed by atoms with van der Waals surface area (Å²) in [6.07, 6.45) is 6.97. The number of aryl methyl sites for hydroxylation is 1. The van der Waals surface area contributed by atoms with Crippen molar-refractivity contribution in [3.63, 3.8) is 0 Å². The van der Waals surface area contributed by atoms with Gasteiger partial charge in [0.25, 0.3) is 0 Å².